The van der Waals surface area contributed by atoms with E-state index in [-0.39, 0.29) is 0 Å². The molecule has 2 aliphatic rings. The van der Waals surface area contributed by atoms with Gasteiger partial charge in [0.05, 0.1) is 6.54 Å². The lowest BCUT2D eigenvalue weighted by atomic mass is 10.1. The average molecular weight is 370 g/mol. The van der Waals surface area contributed by atoms with Crippen molar-refractivity contribution in [3.8, 4) is 11.5 Å². The van der Waals surface area contributed by atoms with Gasteiger partial charge in [0, 0.05) is 26.6 Å². The van der Waals surface area contributed by atoms with E-state index in [2.05, 4.69) is 36.5 Å². The maximum Gasteiger partial charge on any atom is 0.231 e. The van der Waals surface area contributed by atoms with Crippen LogP contribution in [0.2, 0.25) is 0 Å². The Morgan fingerprint density at radius 3 is 3.00 bits per heavy atom. The van der Waals surface area contributed by atoms with Crippen molar-refractivity contribution in [1.29, 1.82) is 0 Å². The molecule has 0 aliphatic carbocycles. The fraction of sp³-hybridized carbons (Fsp3) is 0.526. The summed E-state index contributed by atoms with van der Waals surface area (Å²) in [7, 11) is 1.78. The van der Waals surface area contributed by atoms with Crippen LogP contribution < -0.4 is 20.1 Å². The highest BCUT2D eigenvalue weighted by Gasteiger charge is 2.15. The second-order valence-electron chi connectivity index (χ2n) is 6.78. The number of hydrogen-bond donors (Lipinski definition) is 2. The molecule has 4 rings (SSSR count). The maximum atomic E-state index is 5.43. The quantitative estimate of drug-likeness (QED) is 0.615. The molecule has 8 heteroatoms. The number of nitrogens with zero attached hydrogens (tertiary/aromatic N) is 4. The third kappa shape index (κ3) is 4.15. The number of aryl methyl sites for hydroxylation is 1. The van der Waals surface area contributed by atoms with Crippen LogP contribution in [0.1, 0.15) is 36.5 Å². The van der Waals surface area contributed by atoms with Gasteiger partial charge in [-0.1, -0.05) is 12.5 Å². The van der Waals surface area contributed by atoms with E-state index in [1.165, 1.54) is 24.8 Å². The second kappa shape index (κ2) is 8.28. The summed E-state index contributed by atoms with van der Waals surface area (Å²) in [6.07, 6.45) is 5.56. The molecule has 144 valence electrons. The van der Waals surface area contributed by atoms with Gasteiger partial charge in [0.1, 0.15) is 5.82 Å². The van der Waals surface area contributed by atoms with Gasteiger partial charge >= 0.3 is 0 Å². The van der Waals surface area contributed by atoms with Crippen molar-refractivity contribution in [1.82, 2.24) is 25.4 Å². The summed E-state index contributed by atoms with van der Waals surface area (Å²) in [5.74, 6) is 4.49. The number of benzene rings is 1. The Labute approximate surface area is 159 Å². The number of ether oxygens (including phenoxy) is 2. The lowest BCUT2D eigenvalue weighted by Gasteiger charge is -2.13. The van der Waals surface area contributed by atoms with Gasteiger partial charge in [-0.3, -0.25) is 4.99 Å². The summed E-state index contributed by atoms with van der Waals surface area (Å²) in [5.41, 5.74) is 1.20. The van der Waals surface area contributed by atoms with Gasteiger partial charge in [0.15, 0.2) is 23.3 Å². The topological polar surface area (TPSA) is 85.6 Å². The summed E-state index contributed by atoms with van der Waals surface area (Å²) in [4.78, 5) is 4.30. The molecule has 1 aromatic heterocycles. The molecule has 0 radical (unpaired) electrons. The highest BCUT2D eigenvalue weighted by atomic mass is 16.7. The van der Waals surface area contributed by atoms with Crippen molar-refractivity contribution in [3.63, 3.8) is 0 Å². The lowest BCUT2D eigenvalue weighted by molar-refractivity contribution is 0.174. The molecular weight excluding hydrogens is 344 g/mol. The van der Waals surface area contributed by atoms with Crippen LogP contribution in [0.25, 0.3) is 0 Å². The van der Waals surface area contributed by atoms with E-state index < -0.39 is 0 Å². The van der Waals surface area contributed by atoms with Gasteiger partial charge in [-0.15, -0.1) is 10.2 Å². The minimum atomic E-state index is 0.305. The van der Waals surface area contributed by atoms with Crippen LogP contribution in [-0.2, 0) is 25.9 Å². The number of aromatic nitrogens is 3. The highest BCUT2D eigenvalue weighted by molar-refractivity contribution is 5.79. The molecule has 0 saturated heterocycles. The zero-order valence-electron chi connectivity index (χ0n) is 15.7. The molecule has 2 aliphatic heterocycles. The Hall–Kier alpha value is -2.77. The van der Waals surface area contributed by atoms with Crippen LogP contribution >= 0.6 is 0 Å². The molecule has 0 saturated carbocycles. The predicted octanol–water partition coefficient (Wildman–Crippen LogP) is 1.64. The number of hydrogen-bond acceptors (Lipinski definition) is 5. The van der Waals surface area contributed by atoms with Gasteiger partial charge in [0.25, 0.3) is 0 Å². The fourth-order valence-corrected chi connectivity index (χ4v) is 3.48. The normalized spacial score (nSPS) is 16.0. The molecule has 1 aromatic carbocycles. The molecule has 0 spiro atoms. The molecule has 0 fully saturated rings. The molecule has 3 heterocycles. The summed E-state index contributed by atoms with van der Waals surface area (Å²) >= 11 is 0. The van der Waals surface area contributed by atoms with Gasteiger partial charge in [0.2, 0.25) is 6.79 Å². The Morgan fingerprint density at radius 2 is 2.07 bits per heavy atom. The van der Waals surface area contributed by atoms with E-state index >= 15 is 0 Å². The van der Waals surface area contributed by atoms with E-state index in [1.807, 2.05) is 12.1 Å². The first-order valence-electron chi connectivity index (χ1n) is 9.57. The predicted molar refractivity (Wildman–Crippen MR) is 102 cm³/mol. The number of nitrogens with one attached hydrogen (secondary N) is 2. The van der Waals surface area contributed by atoms with Crippen LogP contribution in [0.15, 0.2) is 23.2 Å². The third-order valence-electron chi connectivity index (χ3n) is 4.97. The summed E-state index contributed by atoms with van der Waals surface area (Å²) in [6.45, 7) is 2.71. The first kappa shape index (κ1) is 17.6. The van der Waals surface area contributed by atoms with E-state index in [9.17, 15) is 0 Å². The Morgan fingerprint density at radius 1 is 1.15 bits per heavy atom. The van der Waals surface area contributed by atoms with E-state index in [0.717, 1.165) is 55.0 Å². The van der Waals surface area contributed by atoms with Crippen LogP contribution in [0.3, 0.4) is 0 Å². The zero-order chi connectivity index (χ0) is 18.5. The Bertz CT molecular complexity index is 817. The first-order chi connectivity index (χ1) is 13.3. The van der Waals surface area contributed by atoms with Crippen molar-refractivity contribution in [2.45, 2.75) is 45.2 Å². The van der Waals surface area contributed by atoms with E-state index in [0.29, 0.717) is 13.3 Å². The summed E-state index contributed by atoms with van der Waals surface area (Å²) in [5, 5.41) is 15.4. The van der Waals surface area contributed by atoms with Crippen molar-refractivity contribution in [2.75, 3.05) is 20.4 Å². The first-order valence-corrected chi connectivity index (χ1v) is 9.57. The van der Waals surface area contributed by atoms with Crippen LogP contribution in [0.4, 0.5) is 0 Å². The van der Waals surface area contributed by atoms with Crippen molar-refractivity contribution < 1.29 is 9.47 Å². The molecule has 2 aromatic rings. The van der Waals surface area contributed by atoms with Crippen LogP contribution in [0.5, 0.6) is 11.5 Å². The monoisotopic (exact) mass is 370 g/mol. The molecule has 0 amide bonds. The third-order valence-corrected chi connectivity index (χ3v) is 4.97. The Kier molecular flexibility index (Phi) is 5.41. The molecule has 0 unspecified atom stereocenters. The zero-order valence-corrected chi connectivity index (χ0v) is 15.7. The number of guanidine groups is 1. The van der Waals surface area contributed by atoms with Crippen molar-refractivity contribution in [3.05, 3.63) is 35.4 Å². The lowest BCUT2D eigenvalue weighted by Crippen LogP contribution is -2.38. The SMILES string of the molecule is CN=C(NCCc1ccc2c(c1)OCO2)NCc1nnc2n1CCCCC2. The van der Waals surface area contributed by atoms with Gasteiger partial charge in [-0.05, 0) is 37.0 Å². The van der Waals surface area contributed by atoms with E-state index in [4.69, 9.17) is 9.47 Å². The summed E-state index contributed by atoms with van der Waals surface area (Å²) < 4.78 is 13.0. The number of aliphatic imine (C=N–C) groups is 1. The molecule has 27 heavy (non-hydrogen) atoms. The smallest absolute Gasteiger partial charge is 0.231 e. The minimum Gasteiger partial charge on any atom is -0.454 e. The van der Waals surface area contributed by atoms with Crippen LogP contribution in [0, 0.1) is 0 Å². The Balaban J connectivity index is 1.27. The highest BCUT2D eigenvalue weighted by Crippen LogP contribution is 2.32. The number of rotatable bonds is 5. The number of fused-ring (bicyclic) bond motifs is 2. The largest absolute Gasteiger partial charge is 0.454 e. The van der Waals surface area contributed by atoms with Crippen LogP contribution in [-0.4, -0.2) is 41.1 Å². The molecule has 2 N–H and O–H groups in total. The second-order valence-corrected chi connectivity index (χ2v) is 6.78. The summed E-state index contributed by atoms with van der Waals surface area (Å²) in [6, 6.07) is 6.06. The fourth-order valence-electron chi connectivity index (χ4n) is 3.48. The van der Waals surface area contributed by atoms with E-state index in [1.54, 1.807) is 7.05 Å². The van der Waals surface area contributed by atoms with Crippen molar-refractivity contribution >= 4 is 5.96 Å². The maximum absolute atomic E-state index is 5.43. The van der Waals surface area contributed by atoms with Gasteiger partial charge in [-0.2, -0.15) is 0 Å². The van der Waals surface area contributed by atoms with Gasteiger partial charge < -0.3 is 24.7 Å². The molecule has 0 bridgehead atoms. The minimum absolute atomic E-state index is 0.305. The van der Waals surface area contributed by atoms with Gasteiger partial charge in [-0.25, -0.2) is 0 Å². The molecular formula is C19H26N6O2. The molecule has 0 atom stereocenters. The van der Waals surface area contributed by atoms with Crippen molar-refractivity contribution in [2.24, 2.45) is 4.99 Å². The average Bonchev–Trinajstić information content (AvgIpc) is 3.24. The standard InChI is InChI=1S/C19H26N6O2/c1-20-19(21-9-8-14-6-7-15-16(11-14)27-13-26-15)22-12-18-24-23-17-5-3-2-4-10-25(17)18/h6-7,11H,2-5,8-10,12-13H2,1H3,(H2,20,21,22). The molecule has 8 nitrogen and oxygen atoms in total.